The Balaban J connectivity index is 1.34. The fourth-order valence-electron chi connectivity index (χ4n) is 3.70. The Kier molecular flexibility index (Phi) is 5.51. The molecule has 0 aliphatic heterocycles. The highest BCUT2D eigenvalue weighted by Gasteiger charge is 2.18. The van der Waals surface area contributed by atoms with Gasteiger partial charge in [0, 0.05) is 36.5 Å². The summed E-state index contributed by atoms with van der Waals surface area (Å²) >= 11 is 0. The second-order valence-corrected chi connectivity index (χ2v) is 7.21. The number of hydrogen-bond donors (Lipinski definition) is 2. The molecule has 2 N–H and O–H groups in total. The molecule has 2 amide bonds. The molecular weight excluding hydrogens is 368 g/mol. The Morgan fingerprint density at radius 1 is 1.10 bits per heavy atom. The summed E-state index contributed by atoms with van der Waals surface area (Å²) in [5.41, 5.74) is 3.57. The monoisotopic (exact) mass is 392 g/mol. The van der Waals surface area contributed by atoms with Crippen molar-refractivity contribution in [3.8, 4) is 5.75 Å². The largest absolute Gasteiger partial charge is 0.484 e. The van der Waals surface area contributed by atoms with Crippen LogP contribution in [0.1, 0.15) is 40.1 Å². The molecule has 1 aliphatic carbocycles. The van der Waals surface area contributed by atoms with Crippen LogP contribution in [-0.2, 0) is 24.2 Å². The van der Waals surface area contributed by atoms with Crippen molar-refractivity contribution in [1.82, 2.24) is 10.6 Å². The molecule has 4 rings (SSSR count). The first-order valence-electron chi connectivity index (χ1n) is 9.89. The van der Waals surface area contributed by atoms with Gasteiger partial charge < -0.3 is 19.8 Å². The second-order valence-electron chi connectivity index (χ2n) is 7.21. The Labute approximate surface area is 169 Å². The third-order valence-electron chi connectivity index (χ3n) is 5.20. The van der Waals surface area contributed by atoms with Gasteiger partial charge in [-0.15, -0.1) is 0 Å². The summed E-state index contributed by atoms with van der Waals surface area (Å²) < 4.78 is 11.6. The number of aryl methyl sites for hydroxylation is 2. The highest BCUT2D eigenvalue weighted by molar-refractivity contribution is 5.94. The van der Waals surface area contributed by atoms with E-state index in [1.165, 1.54) is 18.4 Å². The summed E-state index contributed by atoms with van der Waals surface area (Å²) in [6.07, 6.45) is 4.36. The van der Waals surface area contributed by atoms with Gasteiger partial charge in [-0.3, -0.25) is 9.59 Å². The van der Waals surface area contributed by atoms with Crippen molar-refractivity contribution < 1.29 is 18.7 Å². The lowest BCUT2D eigenvalue weighted by Gasteiger charge is -2.10. The van der Waals surface area contributed by atoms with E-state index in [0.717, 1.165) is 35.1 Å². The third-order valence-corrected chi connectivity index (χ3v) is 5.20. The summed E-state index contributed by atoms with van der Waals surface area (Å²) in [6.45, 7) is 0.266. The van der Waals surface area contributed by atoms with E-state index >= 15 is 0 Å². The maximum atomic E-state index is 12.2. The molecule has 1 heterocycles. The van der Waals surface area contributed by atoms with E-state index in [1.54, 1.807) is 25.2 Å². The highest BCUT2D eigenvalue weighted by atomic mass is 16.5. The second kappa shape index (κ2) is 8.39. The van der Waals surface area contributed by atoms with Gasteiger partial charge >= 0.3 is 0 Å². The molecule has 6 heteroatoms. The van der Waals surface area contributed by atoms with Gasteiger partial charge in [-0.05, 0) is 55.2 Å². The number of fused-ring (bicyclic) bond motifs is 3. The van der Waals surface area contributed by atoms with Crippen LogP contribution in [0.2, 0.25) is 0 Å². The van der Waals surface area contributed by atoms with Gasteiger partial charge in [0.1, 0.15) is 17.1 Å². The highest BCUT2D eigenvalue weighted by Crippen LogP contribution is 2.33. The van der Waals surface area contributed by atoms with Crippen LogP contribution in [0.5, 0.6) is 5.75 Å². The van der Waals surface area contributed by atoms with Gasteiger partial charge in [-0.1, -0.05) is 12.1 Å². The van der Waals surface area contributed by atoms with E-state index in [9.17, 15) is 9.59 Å². The summed E-state index contributed by atoms with van der Waals surface area (Å²) in [6, 6.07) is 12.9. The van der Waals surface area contributed by atoms with Crippen LogP contribution in [0.25, 0.3) is 11.0 Å². The fraction of sp³-hybridized carbons (Fsp3) is 0.304. The van der Waals surface area contributed by atoms with Crippen molar-refractivity contribution in [2.45, 2.75) is 32.2 Å². The van der Waals surface area contributed by atoms with Crippen molar-refractivity contribution in [2.24, 2.45) is 0 Å². The topological polar surface area (TPSA) is 80.6 Å². The predicted molar refractivity (Wildman–Crippen MR) is 110 cm³/mol. The zero-order valence-corrected chi connectivity index (χ0v) is 16.4. The summed E-state index contributed by atoms with van der Waals surface area (Å²) in [5, 5.41) is 6.50. The fourth-order valence-corrected chi connectivity index (χ4v) is 3.70. The van der Waals surface area contributed by atoms with Crippen LogP contribution in [-0.4, -0.2) is 25.5 Å². The van der Waals surface area contributed by atoms with E-state index in [0.29, 0.717) is 17.9 Å². The lowest BCUT2D eigenvalue weighted by Crippen LogP contribution is -2.28. The van der Waals surface area contributed by atoms with Gasteiger partial charge in [0.2, 0.25) is 0 Å². The molecule has 150 valence electrons. The van der Waals surface area contributed by atoms with Gasteiger partial charge in [0.25, 0.3) is 11.8 Å². The zero-order chi connectivity index (χ0) is 20.2. The molecule has 0 fully saturated rings. The maximum absolute atomic E-state index is 12.2. The molecular formula is C23H24N2O4. The Bertz CT molecular complexity index is 1050. The lowest BCUT2D eigenvalue weighted by molar-refractivity contribution is -0.123. The minimum absolute atomic E-state index is 0.0688. The number of carbonyl (C=O) groups excluding carboxylic acids is 2. The van der Waals surface area contributed by atoms with Crippen LogP contribution < -0.4 is 15.4 Å². The van der Waals surface area contributed by atoms with E-state index in [1.807, 2.05) is 24.3 Å². The van der Waals surface area contributed by atoms with Crippen LogP contribution in [0.3, 0.4) is 0 Å². The van der Waals surface area contributed by atoms with Crippen LogP contribution in [0.4, 0.5) is 0 Å². The van der Waals surface area contributed by atoms with Crippen molar-refractivity contribution in [3.63, 3.8) is 0 Å². The molecule has 0 spiro atoms. The number of furan rings is 1. The standard InChI is InChI=1S/C23H24N2O4/c1-24-23(27)16-6-4-5-15(11-16)13-25-22(26)14-28-17-9-10-21-19(12-17)18-7-2-3-8-20(18)29-21/h4-6,9-12H,2-3,7-8,13-14H2,1H3,(H,24,27)(H,25,26). The number of ether oxygens (including phenoxy) is 1. The van der Waals surface area contributed by atoms with Crippen molar-refractivity contribution in [2.75, 3.05) is 13.7 Å². The summed E-state index contributed by atoms with van der Waals surface area (Å²) in [7, 11) is 1.59. The number of carbonyl (C=O) groups is 2. The zero-order valence-electron chi connectivity index (χ0n) is 16.4. The first-order valence-corrected chi connectivity index (χ1v) is 9.89. The number of rotatable bonds is 6. The lowest BCUT2D eigenvalue weighted by atomic mass is 9.96. The maximum Gasteiger partial charge on any atom is 0.258 e. The smallest absolute Gasteiger partial charge is 0.258 e. The molecule has 0 saturated carbocycles. The van der Waals surface area contributed by atoms with E-state index in [2.05, 4.69) is 10.6 Å². The van der Waals surface area contributed by atoms with Crippen molar-refractivity contribution >= 4 is 22.8 Å². The van der Waals surface area contributed by atoms with Crippen LogP contribution in [0, 0.1) is 0 Å². The molecule has 0 bridgehead atoms. The molecule has 1 aromatic heterocycles. The van der Waals surface area contributed by atoms with Gasteiger partial charge in [0.05, 0.1) is 0 Å². The minimum Gasteiger partial charge on any atom is -0.484 e. The predicted octanol–water partition coefficient (Wildman–Crippen LogP) is 3.37. The Morgan fingerprint density at radius 3 is 2.83 bits per heavy atom. The molecule has 3 aromatic rings. The molecule has 0 saturated heterocycles. The van der Waals surface area contributed by atoms with E-state index in [-0.39, 0.29) is 18.4 Å². The quantitative estimate of drug-likeness (QED) is 0.674. The molecule has 0 unspecified atom stereocenters. The minimum atomic E-state index is -0.218. The summed E-state index contributed by atoms with van der Waals surface area (Å²) in [5.74, 6) is 1.37. The molecule has 29 heavy (non-hydrogen) atoms. The number of benzene rings is 2. The summed E-state index contributed by atoms with van der Waals surface area (Å²) in [4.78, 5) is 23.9. The Morgan fingerprint density at radius 2 is 1.97 bits per heavy atom. The molecule has 2 aromatic carbocycles. The van der Waals surface area contributed by atoms with Crippen molar-refractivity contribution in [1.29, 1.82) is 0 Å². The number of hydrogen-bond acceptors (Lipinski definition) is 4. The first kappa shape index (κ1) is 19.1. The SMILES string of the molecule is CNC(=O)c1cccc(CNC(=O)COc2ccc3oc4c(c3c2)CCCC4)c1. The van der Waals surface area contributed by atoms with Gasteiger partial charge in [-0.25, -0.2) is 0 Å². The van der Waals surface area contributed by atoms with Gasteiger partial charge in [0.15, 0.2) is 6.61 Å². The molecule has 0 radical (unpaired) electrons. The molecule has 6 nitrogen and oxygen atoms in total. The molecule has 0 atom stereocenters. The third kappa shape index (κ3) is 4.26. The van der Waals surface area contributed by atoms with E-state index in [4.69, 9.17) is 9.15 Å². The van der Waals surface area contributed by atoms with Crippen LogP contribution in [0.15, 0.2) is 46.9 Å². The first-order chi connectivity index (χ1) is 14.1. The van der Waals surface area contributed by atoms with Crippen LogP contribution >= 0.6 is 0 Å². The average Bonchev–Trinajstić information content (AvgIpc) is 3.14. The number of nitrogens with one attached hydrogen (secondary N) is 2. The normalized spacial score (nSPS) is 13.0. The van der Waals surface area contributed by atoms with Crippen molar-refractivity contribution in [3.05, 3.63) is 64.9 Å². The Hall–Kier alpha value is -3.28. The average molecular weight is 392 g/mol. The van der Waals surface area contributed by atoms with E-state index < -0.39 is 0 Å². The molecule has 1 aliphatic rings. The number of amides is 2. The van der Waals surface area contributed by atoms with Gasteiger partial charge in [-0.2, -0.15) is 0 Å².